The second-order valence-corrected chi connectivity index (χ2v) is 3.55. The average Bonchev–Trinajstić information content (AvgIpc) is 2.18. The first kappa shape index (κ1) is 13.2. The third-order valence-corrected chi connectivity index (χ3v) is 1.78. The topological polar surface area (TPSA) is 12.0 Å². The molecule has 1 rings (SSSR count). The van der Waals surface area contributed by atoms with Crippen LogP contribution in [0, 0.1) is 6.92 Å². The van der Waals surface area contributed by atoms with Crippen LogP contribution in [0.15, 0.2) is 24.3 Å². The van der Waals surface area contributed by atoms with Gasteiger partial charge in [-0.2, -0.15) is 0 Å². The molecule has 0 saturated heterocycles. The van der Waals surface area contributed by atoms with Crippen LogP contribution in [-0.4, -0.2) is 13.6 Å². The third kappa shape index (κ3) is 6.67. The maximum absolute atomic E-state index is 3.13. The van der Waals surface area contributed by atoms with Gasteiger partial charge >= 0.3 is 0 Å². The fourth-order valence-electron chi connectivity index (χ4n) is 1.02. The first-order chi connectivity index (χ1) is 6.74. The van der Waals surface area contributed by atoms with Crippen molar-refractivity contribution in [2.24, 2.45) is 0 Å². The van der Waals surface area contributed by atoms with Crippen LogP contribution in [-0.2, 0) is 6.42 Å². The van der Waals surface area contributed by atoms with Crippen molar-refractivity contribution in [1.29, 1.82) is 0 Å². The standard InChI is InChI=1S/C10H15N.C3H8/c1-9-3-5-10(6-4-9)7-8-11-2;1-3-2/h3-6,11H,7-8H2,1-2H3;3H2,1-2H3. The van der Waals surface area contributed by atoms with Gasteiger partial charge in [-0.3, -0.25) is 0 Å². The Labute approximate surface area is 88.5 Å². The molecule has 0 amide bonds. The fraction of sp³-hybridized carbons (Fsp3) is 0.538. The number of nitrogens with one attached hydrogen (secondary N) is 1. The Kier molecular flexibility index (Phi) is 8.25. The summed E-state index contributed by atoms with van der Waals surface area (Å²) in [7, 11) is 1.98. The highest BCUT2D eigenvalue weighted by Crippen LogP contribution is 2.02. The smallest absolute Gasteiger partial charge is 0.00114 e. The number of aryl methyl sites for hydroxylation is 1. The highest BCUT2D eigenvalue weighted by Gasteiger charge is 1.89. The van der Waals surface area contributed by atoms with Crippen LogP contribution in [0.4, 0.5) is 0 Å². The zero-order chi connectivity index (χ0) is 10.8. The van der Waals surface area contributed by atoms with E-state index in [0.29, 0.717) is 0 Å². The summed E-state index contributed by atoms with van der Waals surface area (Å²) in [5, 5.41) is 3.13. The average molecular weight is 193 g/mol. The van der Waals surface area contributed by atoms with E-state index in [0.717, 1.165) is 13.0 Å². The van der Waals surface area contributed by atoms with Gasteiger partial charge in [-0.15, -0.1) is 0 Å². The van der Waals surface area contributed by atoms with Crippen LogP contribution in [0.25, 0.3) is 0 Å². The van der Waals surface area contributed by atoms with Gasteiger partial charge in [-0.05, 0) is 32.5 Å². The van der Waals surface area contributed by atoms with Crippen molar-refractivity contribution in [3.05, 3.63) is 35.4 Å². The Balaban J connectivity index is 0.000000500. The van der Waals surface area contributed by atoms with Crippen molar-refractivity contribution >= 4 is 0 Å². The van der Waals surface area contributed by atoms with Gasteiger partial charge in [-0.1, -0.05) is 50.1 Å². The molecule has 1 nitrogen and oxygen atoms in total. The zero-order valence-electron chi connectivity index (χ0n) is 9.93. The molecule has 0 atom stereocenters. The Morgan fingerprint density at radius 1 is 1.07 bits per heavy atom. The minimum atomic E-state index is 1.06. The van der Waals surface area contributed by atoms with E-state index in [1.54, 1.807) is 0 Å². The molecular weight excluding hydrogens is 170 g/mol. The SMILES string of the molecule is CCC.CNCCc1ccc(C)cc1. The van der Waals surface area contributed by atoms with E-state index < -0.39 is 0 Å². The zero-order valence-corrected chi connectivity index (χ0v) is 9.93. The summed E-state index contributed by atoms with van der Waals surface area (Å²) in [4.78, 5) is 0. The monoisotopic (exact) mass is 193 g/mol. The molecule has 80 valence electrons. The summed E-state index contributed by atoms with van der Waals surface area (Å²) in [6.07, 6.45) is 2.37. The van der Waals surface area contributed by atoms with Crippen molar-refractivity contribution in [2.45, 2.75) is 33.6 Å². The van der Waals surface area contributed by atoms with E-state index in [9.17, 15) is 0 Å². The molecule has 1 aromatic carbocycles. The van der Waals surface area contributed by atoms with Gasteiger partial charge in [0, 0.05) is 0 Å². The molecule has 0 fully saturated rings. The molecule has 0 aliphatic carbocycles. The van der Waals surface area contributed by atoms with Crippen molar-refractivity contribution < 1.29 is 0 Å². The van der Waals surface area contributed by atoms with Crippen molar-refractivity contribution in [3.8, 4) is 0 Å². The first-order valence-corrected chi connectivity index (χ1v) is 5.44. The Hall–Kier alpha value is -0.820. The Morgan fingerprint density at radius 3 is 2.00 bits per heavy atom. The predicted molar refractivity (Wildman–Crippen MR) is 64.8 cm³/mol. The maximum atomic E-state index is 3.13. The van der Waals surface area contributed by atoms with E-state index in [1.165, 1.54) is 17.5 Å². The highest BCUT2D eigenvalue weighted by atomic mass is 14.8. The summed E-state index contributed by atoms with van der Waals surface area (Å²) in [5.74, 6) is 0. The lowest BCUT2D eigenvalue weighted by Gasteiger charge is -2.00. The molecule has 0 spiro atoms. The van der Waals surface area contributed by atoms with Crippen LogP contribution in [0.3, 0.4) is 0 Å². The van der Waals surface area contributed by atoms with E-state index >= 15 is 0 Å². The highest BCUT2D eigenvalue weighted by molar-refractivity contribution is 5.21. The van der Waals surface area contributed by atoms with Crippen LogP contribution in [0.2, 0.25) is 0 Å². The molecule has 0 unspecified atom stereocenters. The van der Waals surface area contributed by atoms with Gasteiger partial charge < -0.3 is 5.32 Å². The molecule has 0 aliphatic rings. The van der Waals surface area contributed by atoms with E-state index in [1.807, 2.05) is 7.05 Å². The second-order valence-electron chi connectivity index (χ2n) is 3.55. The first-order valence-electron chi connectivity index (χ1n) is 5.44. The van der Waals surface area contributed by atoms with Gasteiger partial charge in [0.1, 0.15) is 0 Å². The summed E-state index contributed by atoms with van der Waals surface area (Å²) in [6, 6.07) is 8.69. The summed E-state index contributed by atoms with van der Waals surface area (Å²) >= 11 is 0. The number of benzene rings is 1. The minimum Gasteiger partial charge on any atom is -0.319 e. The largest absolute Gasteiger partial charge is 0.319 e. The van der Waals surface area contributed by atoms with Gasteiger partial charge in [0.25, 0.3) is 0 Å². The lowest BCUT2D eigenvalue weighted by atomic mass is 10.1. The van der Waals surface area contributed by atoms with Crippen LogP contribution < -0.4 is 5.32 Å². The summed E-state index contributed by atoms with van der Waals surface area (Å²) in [6.45, 7) is 7.42. The van der Waals surface area contributed by atoms with Gasteiger partial charge in [-0.25, -0.2) is 0 Å². The molecule has 1 heteroatoms. The van der Waals surface area contributed by atoms with E-state index in [2.05, 4.69) is 50.4 Å². The molecule has 1 aromatic rings. The number of hydrogen-bond acceptors (Lipinski definition) is 1. The normalized spacial score (nSPS) is 9.14. The Morgan fingerprint density at radius 2 is 1.57 bits per heavy atom. The quantitative estimate of drug-likeness (QED) is 0.777. The predicted octanol–water partition coefficient (Wildman–Crippen LogP) is 3.17. The van der Waals surface area contributed by atoms with Crippen molar-refractivity contribution in [2.75, 3.05) is 13.6 Å². The number of rotatable bonds is 3. The van der Waals surface area contributed by atoms with Gasteiger partial charge in [0.15, 0.2) is 0 Å². The summed E-state index contributed by atoms with van der Waals surface area (Å²) < 4.78 is 0. The number of likely N-dealkylation sites (N-methyl/N-ethyl adjacent to an activating group) is 1. The lowest BCUT2D eigenvalue weighted by molar-refractivity contribution is 0.791. The molecule has 0 aromatic heterocycles. The van der Waals surface area contributed by atoms with E-state index in [-0.39, 0.29) is 0 Å². The fourth-order valence-corrected chi connectivity index (χ4v) is 1.02. The summed E-state index contributed by atoms with van der Waals surface area (Å²) in [5.41, 5.74) is 2.74. The molecule has 14 heavy (non-hydrogen) atoms. The molecular formula is C13H23N. The van der Waals surface area contributed by atoms with Gasteiger partial charge in [0.2, 0.25) is 0 Å². The van der Waals surface area contributed by atoms with Crippen LogP contribution >= 0.6 is 0 Å². The molecule has 0 heterocycles. The van der Waals surface area contributed by atoms with Crippen LogP contribution in [0.1, 0.15) is 31.4 Å². The molecule has 0 bridgehead atoms. The Bertz CT molecular complexity index is 213. The molecule has 0 radical (unpaired) electrons. The van der Waals surface area contributed by atoms with Gasteiger partial charge in [0.05, 0.1) is 0 Å². The molecule has 0 saturated carbocycles. The second kappa shape index (κ2) is 8.76. The third-order valence-electron chi connectivity index (χ3n) is 1.78. The lowest BCUT2D eigenvalue weighted by Crippen LogP contribution is -2.10. The number of hydrogen-bond donors (Lipinski definition) is 1. The van der Waals surface area contributed by atoms with Crippen molar-refractivity contribution in [1.82, 2.24) is 5.32 Å². The molecule has 1 N–H and O–H groups in total. The van der Waals surface area contributed by atoms with Crippen molar-refractivity contribution in [3.63, 3.8) is 0 Å². The maximum Gasteiger partial charge on any atom is -0.00114 e. The van der Waals surface area contributed by atoms with E-state index in [4.69, 9.17) is 0 Å². The van der Waals surface area contributed by atoms with Crippen LogP contribution in [0.5, 0.6) is 0 Å². The minimum absolute atomic E-state index is 1.06. The molecule has 0 aliphatic heterocycles.